The van der Waals surface area contributed by atoms with Crippen molar-refractivity contribution >= 4 is 49.6 Å². The molecule has 0 bridgehead atoms. The Morgan fingerprint density at radius 1 is 0.962 bits per heavy atom. The maximum absolute atomic E-state index is 13.5. The lowest BCUT2D eigenvalue weighted by Crippen LogP contribution is -2.40. The number of rotatable bonds is 10. The minimum atomic E-state index is -3.78. The Labute approximate surface area is 303 Å². The lowest BCUT2D eigenvalue weighted by atomic mass is 10.0. The smallest absolute Gasteiger partial charge is 0.410 e. The number of hydrogen-bond donors (Lipinski definition) is 3. The van der Waals surface area contributed by atoms with E-state index in [4.69, 9.17) is 9.47 Å². The molecule has 0 spiro atoms. The van der Waals surface area contributed by atoms with E-state index in [1.54, 1.807) is 4.90 Å². The number of tetrazole rings is 1. The number of fused-ring (bicyclic) bond motifs is 2. The highest BCUT2D eigenvalue weighted by Gasteiger charge is 2.33. The van der Waals surface area contributed by atoms with Gasteiger partial charge in [0.2, 0.25) is 15.8 Å². The van der Waals surface area contributed by atoms with E-state index in [1.165, 1.54) is 0 Å². The van der Waals surface area contributed by atoms with Crippen LogP contribution >= 0.6 is 0 Å². The Hall–Kier alpha value is -5.18. The van der Waals surface area contributed by atoms with Crippen LogP contribution in [-0.4, -0.2) is 80.2 Å². The largest absolute Gasteiger partial charge is 0.444 e. The predicted molar refractivity (Wildman–Crippen MR) is 199 cm³/mol. The van der Waals surface area contributed by atoms with Crippen LogP contribution in [0.3, 0.4) is 0 Å². The van der Waals surface area contributed by atoms with Crippen LogP contribution in [-0.2, 0) is 32.6 Å². The normalized spacial score (nSPS) is 15.3. The first kappa shape index (κ1) is 36.6. The fourth-order valence-corrected chi connectivity index (χ4v) is 7.65. The molecule has 1 aliphatic heterocycles. The first-order valence-electron chi connectivity index (χ1n) is 17.4. The summed E-state index contributed by atoms with van der Waals surface area (Å²) in [5.41, 5.74) is 2.48. The van der Waals surface area contributed by atoms with Gasteiger partial charge in [0.05, 0.1) is 11.4 Å². The third-order valence-electron chi connectivity index (χ3n) is 8.65. The molecule has 0 saturated carbocycles. The number of alkyl carbamates (subject to hydrolysis) is 1. The van der Waals surface area contributed by atoms with E-state index in [0.717, 1.165) is 45.6 Å². The fourth-order valence-electron chi connectivity index (χ4n) is 6.49. The van der Waals surface area contributed by atoms with Crippen LogP contribution in [0.15, 0.2) is 60.7 Å². The zero-order chi connectivity index (χ0) is 37.3. The minimum absolute atomic E-state index is 0.149. The Morgan fingerprint density at radius 3 is 2.46 bits per heavy atom. The molecule has 1 saturated heterocycles. The Balaban J connectivity index is 1.27. The van der Waals surface area contributed by atoms with Gasteiger partial charge in [0.15, 0.2) is 0 Å². The summed E-state index contributed by atoms with van der Waals surface area (Å²) in [7, 11) is -3.78. The molecule has 0 aliphatic carbocycles. The summed E-state index contributed by atoms with van der Waals surface area (Å²) in [5.74, 6) is 0.252. The molecule has 6 rings (SSSR count). The molecule has 3 heterocycles. The van der Waals surface area contributed by atoms with Crippen LogP contribution in [0.25, 0.3) is 33.2 Å². The van der Waals surface area contributed by atoms with Gasteiger partial charge in [-0.2, -0.15) is 5.21 Å². The summed E-state index contributed by atoms with van der Waals surface area (Å²) in [6, 6.07) is 19.1. The quantitative estimate of drug-likeness (QED) is 0.143. The van der Waals surface area contributed by atoms with Gasteiger partial charge in [0, 0.05) is 42.3 Å². The van der Waals surface area contributed by atoms with Crippen molar-refractivity contribution in [2.75, 3.05) is 17.0 Å². The number of aromatic nitrogens is 5. The van der Waals surface area contributed by atoms with Crippen LogP contribution in [0.2, 0.25) is 0 Å². The maximum Gasteiger partial charge on any atom is 0.410 e. The zero-order valence-corrected chi connectivity index (χ0v) is 31.2. The topological polar surface area (TPSA) is 173 Å². The van der Waals surface area contributed by atoms with Crippen molar-refractivity contribution in [3.8, 4) is 11.5 Å². The first-order chi connectivity index (χ1) is 24.5. The van der Waals surface area contributed by atoms with Gasteiger partial charge in [0.25, 0.3) is 0 Å². The highest BCUT2D eigenvalue weighted by molar-refractivity contribution is 7.92. The maximum atomic E-state index is 13.5. The highest BCUT2D eigenvalue weighted by Crippen LogP contribution is 2.32. The number of carbonyl (C=O) groups excluding carboxylic acids is 2. The molecule has 2 aromatic heterocycles. The van der Waals surface area contributed by atoms with Gasteiger partial charge < -0.3 is 24.3 Å². The van der Waals surface area contributed by atoms with Crippen molar-refractivity contribution in [1.29, 1.82) is 0 Å². The second-order valence-electron chi connectivity index (χ2n) is 15.1. The molecular formula is C37H46N8O6S. The average molecular weight is 731 g/mol. The number of anilines is 1. The van der Waals surface area contributed by atoms with E-state index in [0.29, 0.717) is 36.7 Å². The lowest BCUT2D eigenvalue weighted by Gasteiger charge is -2.28. The summed E-state index contributed by atoms with van der Waals surface area (Å²) < 4.78 is 42.9. The molecule has 3 aromatic carbocycles. The molecule has 1 atom stereocenters. The number of aromatic amines is 1. The van der Waals surface area contributed by atoms with Crippen LogP contribution in [0, 0.1) is 0 Å². The number of nitrogens with one attached hydrogen (secondary N) is 3. The number of likely N-dealkylation sites (tertiary alicyclic amines) is 1. The molecule has 3 N–H and O–H groups in total. The van der Waals surface area contributed by atoms with Crippen LogP contribution in [0.1, 0.15) is 71.9 Å². The van der Waals surface area contributed by atoms with E-state index in [2.05, 4.69) is 35.2 Å². The van der Waals surface area contributed by atoms with E-state index in [9.17, 15) is 18.0 Å². The number of ether oxygens (including phenoxy) is 2. The third kappa shape index (κ3) is 8.99. The van der Waals surface area contributed by atoms with Crippen LogP contribution in [0.4, 0.5) is 15.3 Å². The summed E-state index contributed by atoms with van der Waals surface area (Å²) in [5, 5.41) is 20.4. The number of hydrogen-bond acceptors (Lipinski definition) is 9. The number of nitrogens with zero attached hydrogens (tertiary/aromatic N) is 5. The molecule has 52 heavy (non-hydrogen) atoms. The molecule has 276 valence electrons. The van der Waals surface area contributed by atoms with Gasteiger partial charge in [0.1, 0.15) is 11.2 Å². The van der Waals surface area contributed by atoms with E-state index in [1.807, 2.05) is 102 Å². The van der Waals surface area contributed by atoms with Crippen molar-refractivity contribution in [2.24, 2.45) is 0 Å². The molecule has 5 aromatic rings. The van der Waals surface area contributed by atoms with Gasteiger partial charge in [-0.25, -0.2) is 18.0 Å². The van der Waals surface area contributed by atoms with Gasteiger partial charge >= 0.3 is 12.2 Å². The van der Waals surface area contributed by atoms with Crippen molar-refractivity contribution < 1.29 is 27.5 Å². The van der Waals surface area contributed by atoms with Gasteiger partial charge in [-0.1, -0.05) is 36.4 Å². The number of benzene rings is 3. The summed E-state index contributed by atoms with van der Waals surface area (Å²) in [6.07, 6.45) is 0.895. The first-order valence-corrected chi connectivity index (χ1v) is 19.0. The molecule has 1 fully saturated rings. The molecule has 0 radical (unpaired) electrons. The molecule has 15 heteroatoms. The zero-order valence-electron chi connectivity index (χ0n) is 30.4. The highest BCUT2D eigenvalue weighted by atomic mass is 32.2. The number of sulfonamides is 1. The van der Waals surface area contributed by atoms with Gasteiger partial charge in [-0.15, -0.1) is 10.2 Å². The van der Waals surface area contributed by atoms with Crippen LogP contribution in [0.5, 0.6) is 0 Å². The summed E-state index contributed by atoms with van der Waals surface area (Å²) >= 11 is 0. The number of H-pyrrole nitrogens is 1. The Bertz CT molecular complexity index is 2190. The van der Waals surface area contributed by atoms with E-state index >= 15 is 0 Å². The van der Waals surface area contributed by atoms with Gasteiger partial charge in [-0.05, 0) is 112 Å². The lowest BCUT2D eigenvalue weighted by molar-refractivity contribution is 0.0223. The number of carbonyl (C=O) groups is 2. The van der Waals surface area contributed by atoms with Crippen molar-refractivity contribution in [3.63, 3.8) is 0 Å². The molecule has 2 amide bonds. The van der Waals surface area contributed by atoms with Crippen molar-refractivity contribution in [2.45, 2.75) is 91.1 Å². The van der Waals surface area contributed by atoms with Crippen molar-refractivity contribution in [1.82, 2.24) is 35.4 Å². The standard InChI is InChI=1S/C37H46N8O6S/c1-36(2,3)50-34(46)38-22-24-13-14-26-21-32(33-39-42-43-40-33)45(31(26)18-24)23-27-20-28(19-25-10-7-8-12-30(25)27)41-52(48,49)17-15-29-11-9-16-44(29)35(47)51-37(4,5)6/h7-8,10,12-14,18-21,29,41H,9,11,15-17,22-23H2,1-6H3,(H,38,46)(H,39,40,42,43)/t29-/m0/s1. The summed E-state index contributed by atoms with van der Waals surface area (Å²) in [4.78, 5) is 26.8. The second-order valence-corrected chi connectivity index (χ2v) is 17.0. The minimum Gasteiger partial charge on any atom is -0.444 e. The molecule has 1 aliphatic rings. The third-order valence-corrected chi connectivity index (χ3v) is 9.97. The van der Waals surface area contributed by atoms with Crippen LogP contribution < -0.4 is 10.0 Å². The van der Waals surface area contributed by atoms with Crippen molar-refractivity contribution in [3.05, 3.63) is 71.8 Å². The molecule has 14 nitrogen and oxygen atoms in total. The van der Waals surface area contributed by atoms with Gasteiger partial charge in [-0.3, -0.25) is 4.72 Å². The fraction of sp³-hybridized carbons (Fsp3) is 0.432. The number of amides is 2. The molecule has 0 unspecified atom stereocenters. The van der Waals surface area contributed by atoms with E-state index < -0.39 is 33.4 Å². The second kappa shape index (κ2) is 14.4. The molecular weight excluding hydrogens is 685 g/mol. The Morgan fingerprint density at radius 2 is 1.73 bits per heavy atom. The SMILES string of the molecule is CC(C)(C)OC(=O)NCc1ccc2cc(-c3nn[nH]n3)n(Cc3cc(NS(=O)(=O)CC[C@@H]4CCCN4C(=O)OC(C)(C)C)cc4ccccc34)c2c1. The Kier molecular flexibility index (Phi) is 10.2. The van der Waals surface area contributed by atoms with E-state index in [-0.39, 0.29) is 18.3 Å². The monoisotopic (exact) mass is 730 g/mol. The average Bonchev–Trinajstić information content (AvgIpc) is 3.82. The summed E-state index contributed by atoms with van der Waals surface area (Å²) in [6.45, 7) is 12.0. The predicted octanol–water partition coefficient (Wildman–Crippen LogP) is 6.58.